The number of imide groups is 1. The van der Waals surface area contributed by atoms with Crippen molar-refractivity contribution in [3.05, 3.63) is 40.9 Å². The van der Waals surface area contributed by atoms with Crippen LogP contribution in [0.1, 0.15) is 24.8 Å². The molecule has 0 radical (unpaired) electrons. The lowest BCUT2D eigenvalue weighted by Crippen LogP contribution is -2.44. The lowest BCUT2D eigenvalue weighted by atomic mass is 10.1. The van der Waals surface area contributed by atoms with E-state index < -0.39 is 11.1 Å². The molecule has 9 heteroatoms. The van der Waals surface area contributed by atoms with E-state index in [1.807, 2.05) is 24.3 Å². The van der Waals surface area contributed by atoms with Crippen LogP contribution in [0.25, 0.3) is 17.0 Å². The summed E-state index contributed by atoms with van der Waals surface area (Å²) in [5, 5.41) is 0.405. The fraction of sp³-hybridized carbons (Fsp3) is 0.364. The zero-order valence-electron chi connectivity index (χ0n) is 17.2. The molecule has 0 atom stereocenters. The van der Waals surface area contributed by atoms with E-state index in [0.717, 1.165) is 46.8 Å². The highest BCUT2D eigenvalue weighted by Crippen LogP contribution is 2.34. The van der Waals surface area contributed by atoms with Gasteiger partial charge in [-0.25, -0.2) is 0 Å². The quantitative estimate of drug-likeness (QED) is 0.524. The lowest BCUT2D eigenvalue weighted by Gasteiger charge is -2.27. The van der Waals surface area contributed by atoms with Crippen molar-refractivity contribution in [1.82, 2.24) is 14.4 Å². The minimum Gasteiger partial charge on any atom is -0.468 e. The molecule has 2 aliphatic rings. The van der Waals surface area contributed by atoms with E-state index >= 15 is 0 Å². The van der Waals surface area contributed by atoms with E-state index in [-0.39, 0.29) is 29.9 Å². The molecule has 0 N–H and O–H groups in total. The highest BCUT2D eigenvalue weighted by molar-refractivity contribution is 8.18. The normalized spacial score (nSPS) is 18.3. The van der Waals surface area contributed by atoms with Crippen molar-refractivity contribution in [2.24, 2.45) is 0 Å². The van der Waals surface area contributed by atoms with Crippen LogP contribution in [0, 0.1) is 0 Å². The molecule has 3 amide bonds. The second-order valence-electron chi connectivity index (χ2n) is 7.51. The van der Waals surface area contributed by atoms with E-state index in [0.29, 0.717) is 18.7 Å². The molecule has 8 nitrogen and oxygen atoms in total. The Bertz CT molecular complexity index is 1080. The van der Waals surface area contributed by atoms with Crippen LogP contribution in [-0.2, 0) is 25.7 Å². The summed E-state index contributed by atoms with van der Waals surface area (Å²) in [5.41, 5.74) is 1.53. The SMILES string of the molecule is COC(=O)Cn1cc(C=C2SC(=O)N(CC(=O)N3CCCCC3)C2=O)c2ccccc21. The monoisotopic (exact) mass is 441 g/mol. The van der Waals surface area contributed by atoms with E-state index in [1.54, 1.807) is 21.7 Å². The standard InChI is InChI=1S/C22H23N3O5S/c1-30-20(27)14-24-12-15(16-7-3-4-8-17(16)24)11-18-21(28)25(22(29)31-18)13-19(26)23-9-5-2-6-10-23/h3-4,7-8,11-12H,2,5-6,9-10,13-14H2,1H3. The first-order valence-corrected chi connectivity index (χ1v) is 11.0. The van der Waals surface area contributed by atoms with Crippen LogP contribution in [0.4, 0.5) is 4.79 Å². The minimum atomic E-state index is -0.467. The molecule has 2 aliphatic heterocycles. The van der Waals surface area contributed by atoms with E-state index in [2.05, 4.69) is 0 Å². The molecule has 0 bridgehead atoms. The van der Waals surface area contributed by atoms with Crippen molar-refractivity contribution in [3.8, 4) is 0 Å². The number of likely N-dealkylation sites (tertiary alicyclic amines) is 1. The number of carbonyl (C=O) groups excluding carboxylic acids is 4. The van der Waals surface area contributed by atoms with Gasteiger partial charge in [-0.2, -0.15) is 0 Å². The molecule has 1 aromatic carbocycles. The first-order valence-electron chi connectivity index (χ1n) is 10.2. The summed E-state index contributed by atoms with van der Waals surface area (Å²) in [6.07, 6.45) is 6.39. The number of nitrogens with zero attached hydrogens (tertiary/aromatic N) is 3. The van der Waals surface area contributed by atoms with Gasteiger partial charge in [-0.3, -0.25) is 24.1 Å². The minimum absolute atomic E-state index is 0.0384. The van der Waals surface area contributed by atoms with Gasteiger partial charge in [-0.1, -0.05) is 18.2 Å². The number of piperidine rings is 1. The Labute approximate surface area is 183 Å². The van der Waals surface area contributed by atoms with Crippen LogP contribution in [0.2, 0.25) is 0 Å². The first kappa shape index (κ1) is 21.2. The summed E-state index contributed by atoms with van der Waals surface area (Å²) in [5.74, 6) is -1.05. The number of hydrogen-bond acceptors (Lipinski definition) is 6. The summed E-state index contributed by atoms with van der Waals surface area (Å²) in [4.78, 5) is 52.6. The van der Waals surface area contributed by atoms with Gasteiger partial charge in [0.2, 0.25) is 5.91 Å². The maximum Gasteiger partial charge on any atom is 0.325 e. The molecule has 0 aliphatic carbocycles. The van der Waals surface area contributed by atoms with Gasteiger partial charge < -0.3 is 14.2 Å². The number of para-hydroxylation sites is 1. The van der Waals surface area contributed by atoms with Crippen LogP contribution in [0.5, 0.6) is 0 Å². The first-order chi connectivity index (χ1) is 15.0. The second kappa shape index (κ2) is 8.97. The second-order valence-corrected chi connectivity index (χ2v) is 8.51. The summed E-state index contributed by atoms with van der Waals surface area (Å²) in [7, 11) is 1.33. The topological polar surface area (TPSA) is 88.9 Å². The number of fused-ring (bicyclic) bond motifs is 1. The van der Waals surface area contributed by atoms with Crippen LogP contribution < -0.4 is 0 Å². The maximum atomic E-state index is 12.9. The Hall–Kier alpha value is -3.07. The highest BCUT2D eigenvalue weighted by atomic mass is 32.2. The zero-order valence-corrected chi connectivity index (χ0v) is 18.0. The van der Waals surface area contributed by atoms with Gasteiger partial charge in [-0.05, 0) is 43.2 Å². The van der Waals surface area contributed by atoms with E-state index in [9.17, 15) is 19.2 Å². The number of thioether (sulfide) groups is 1. The number of amides is 3. The van der Waals surface area contributed by atoms with Gasteiger partial charge in [-0.15, -0.1) is 0 Å². The van der Waals surface area contributed by atoms with E-state index in [1.165, 1.54) is 7.11 Å². The van der Waals surface area contributed by atoms with Gasteiger partial charge in [0, 0.05) is 35.8 Å². The third-order valence-corrected chi connectivity index (χ3v) is 6.42. The summed E-state index contributed by atoms with van der Waals surface area (Å²) in [6.45, 7) is 1.15. The smallest absolute Gasteiger partial charge is 0.325 e. The average molecular weight is 442 g/mol. The van der Waals surface area contributed by atoms with Gasteiger partial charge in [0.05, 0.1) is 12.0 Å². The average Bonchev–Trinajstić information content (AvgIpc) is 3.26. The Morgan fingerprint density at radius 2 is 1.84 bits per heavy atom. The summed E-state index contributed by atoms with van der Waals surface area (Å²) >= 11 is 0.828. The van der Waals surface area contributed by atoms with Crippen LogP contribution in [0.3, 0.4) is 0 Å². The summed E-state index contributed by atoms with van der Waals surface area (Å²) < 4.78 is 6.50. The molecular formula is C22H23N3O5S. The van der Waals surface area contributed by atoms with Crippen molar-refractivity contribution >= 4 is 51.8 Å². The predicted molar refractivity (Wildman–Crippen MR) is 117 cm³/mol. The van der Waals surface area contributed by atoms with Gasteiger partial charge in [0.1, 0.15) is 13.1 Å². The molecule has 31 heavy (non-hydrogen) atoms. The molecule has 2 fully saturated rings. The molecule has 162 valence electrons. The van der Waals surface area contributed by atoms with Crippen LogP contribution in [-0.4, -0.2) is 64.1 Å². The number of rotatable bonds is 5. The molecule has 2 saturated heterocycles. The molecule has 4 rings (SSSR count). The number of esters is 1. The summed E-state index contributed by atoms with van der Waals surface area (Å²) in [6, 6.07) is 7.49. The third kappa shape index (κ3) is 4.36. The highest BCUT2D eigenvalue weighted by Gasteiger charge is 2.37. The Kier molecular flexibility index (Phi) is 6.13. The van der Waals surface area contributed by atoms with E-state index in [4.69, 9.17) is 4.74 Å². The molecule has 3 heterocycles. The van der Waals surface area contributed by atoms with Gasteiger partial charge >= 0.3 is 5.97 Å². The molecular weight excluding hydrogens is 418 g/mol. The predicted octanol–water partition coefficient (Wildman–Crippen LogP) is 2.86. The molecule has 2 aromatic rings. The van der Waals surface area contributed by atoms with Crippen molar-refractivity contribution < 1.29 is 23.9 Å². The Morgan fingerprint density at radius 1 is 1.10 bits per heavy atom. The van der Waals surface area contributed by atoms with Crippen molar-refractivity contribution in [2.45, 2.75) is 25.8 Å². The van der Waals surface area contributed by atoms with Crippen molar-refractivity contribution in [3.63, 3.8) is 0 Å². The number of methoxy groups -OCH3 is 1. The largest absolute Gasteiger partial charge is 0.468 e. The van der Waals surface area contributed by atoms with Gasteiger partial charge in [0.15, 0.2) is 0 Å². The van der Waals surface area contributed by atoms with Crippen LogP contribution >= 0.6 is 11.8 Å². The zero-order chi connectivity index (χ0) is 22.0. The fourth-order valence-corrected chi connectivity index (χ4v) is 4.71. The molecule has 0 saturated carbocycles. The number of aromatic nitrogens is 1. The number of hydrogen-bond donors (Lipinski definition) is 0. The third-order valence-electron chi connectivity index (χ3n) is 5.51. The molecule has 0 unspecified atom stereocenters. The lowest BCUT2D eigenvalue weighted by molar-refractivity contribution is -0.141. The molecule has 0 spiro atoms. The Balaban J connectivity index is 1.57. The Morgan fingerprint density at radius 3 is 2.58 bits per heavy atom. The number of carbonyl (C=O) groups is 4. The van der Waals surface area contributed by atoms with Crippen molar-refractivity contribution in [2.75, 3.05) is 26.7 Å². The number of benzene rings is 1. The number of ether oxygens (including phenoxy) is 1. The van der Waals surface area contributed by atoms with Gasteiger partial charge in [0.25, 0.3) is 11.1 Å². The maximum absolute atomic E-state index is 12.9. The van der Waals surface area contributed by atoms with Crippen molar-refractivity contribution in [1.29, 1.82) is 0 Å². The van der Waals surface area contributed by atoms with Crippen LogP contribution in [0.15, 0.2) is 35.4 Å². The molecule has 1 aromatic heterocycles. The fourth-order valence-electron chi connectivity index (χ4n) is 3.88.